The zero-order valence-electron chi connectivity index (χ0n) is 12.3. The molecule has 6 heteroatoms. The lowest BCUT2D eigenvalue weighted by Gasteiger charge is -2.27. The average Bonchev–Trinajstić information content (AvgIpc) is 2.37. The second-order valence-electron chi connectivity index (χ2n) is 4.80. The molecule has 0 fully saturated rings. The maximum Gasteiger partial charge on any atom is 0.315 e. The molecule has 6 nitrogen and oxygen atoms in total. The zero-order valence-corrected chi connectivity index (χ0v) is 12.3. The molecular formula is C13H26N2O4. The minimum absolute atomic E-state index is 0.0116. The zero-order chi connectivity index (χ0) is 14.9. The molecule has 0 aliphatic heterocycles. The van der Waals surface area contributed by atoms with Crippen LogP contribution in [0.3, 0.4) is 0 Å². The molecule has 0 aromatic rings. The molecule has 2 amide bonds. The summed E-state index contributed by atoms with van der Waals surface area (Å²) >= 11 is 0. The third-order valence-electron chi connectivity index (χ3n) is 3.53. The van der Waals surface area contributed by atoms with Gasteiger partial charge in [0.25, 0.3) is 0 Å². The number of aliphatic carboxylic acids is 1. The van der Waals surface area contributed by atoms with Crippen molar-refractivity contribution in [2.75, 3.05) is 20.3 Å². The van der Waals surface area contributed by atoms with E-state index in [0.29, 0.717) is 19.4 Å². The van der Waals surface area contributed by atoms with E-state index in [1.54, 1.807) is 7.11 Å². The van der Waals surface area contributed by atoms with Gasteiger partial charge in [0.05, 0.1) is 5.41 Å². The SMILES string of the molecule is CCC(CC)(CNC(=O)NC(C)CCOC)C(=O)O. The van der Waals surface area contributed by atoms with Gasteiger partial charge in [-0.1, -0.05) is 13.8 Å². The van der Waals surface area contributed by atoms with Gasteiger partial charge >= 0.3 is 12.0 Å². The van der Waals surface area contributed by atoms with Crippen LogP contribution >= 0.6 is 0 Å². The van der Waals surface area contributed by atoms with Crippen LogP contribution in [0.15, 0.2) is 0 Å². The molecule has 0 aromatic heterocycles. The van der Waals surface area contributed by atoms with Crippen molar-refractivity contribution in [1.29, 1.82) is 0 Å². The summed E-state index contributed by atoms with van der Waals surface area (Å²) in [5, 5.41) is 14.6. The van der Waals surface area contributed by atoms with Crippen molar-refractivity contribution in [3.05, 3.63) is 0 Å². The Morgan fingerprint density at radius 1 is 1.32 bits per heavy atom. The Morgan fingerprint density at radius 2 is 1.89 bits per heavy atom. The Labute approximate surface area is 114 Å². The average molecular weight is 274 g/mol. The number of carbonyl (C=O) groups excluding carboxylic acids is 1. The maximum atomic E-state index is 11.7. The summed E-state index contributed by atoms with van der Waals surface area (Å²) in [7, 11) is 1.61. The molecule has 0 bridgehead atoms. The van der Waals surface area contributed by atoms with Crippen LogP contribution in [0.4, 0.5) is 4.79 Å². The highest BCUT2D eigenvalue weighted by molar-refractivity contribution is 5.78. The van der Waals surface area contributed by atoms with Crippen molar-refractivity contribution in [3.63, 3.8) is 0 Å². The quantitative estimate of drug-likeness (QED) is 0.596. The van der Waals surface area contributed by atoms with Crippen LogP contribution in [0.1, 0.15) is 40.0 Å². The fourth-order valence-corrected chi connectivity index (χ4v) is 1.77. The van der Waals surface area contributed by atoms with E-state index >= 15 is 0 Å². The van der Waals surface area contributed by atoms with E-state index in [4.69, 9.17) is 4.74 Å². The minimum Gasteiger partial charge on any atom is -0.481 e. The molecular weight excluding hydrogens is 248 g/mol. The molecule has 0 heterocycles. The van der Waals surface area contributed by atoms with Crippen molar-refractivity contribution in [3.8, 4) is 0 Å². The Bertz CT molecular complexity index is 290. The molecule has 19 heavy (non-hydrogen) atoms. The number of methoxy groups -OCH3 is 1. The van der Waals surface area contributed by atoms with Gasteiger partial charge in [-0.3, -0.25) is 4.79 Å². The van der Waals surface area contributed by atoms with Crippen molar-refractivity contribution in [1.82, 2.24) is 10.6 Å². The lowest BCUT2D eigenvalue weighted by atomic mass is 9.82. The monoisotopic (exact) mass is 274 g/mol. The first-order valence-corrected chi connectivity index (χ1v) is 6.68. The summed E-state index contributed by atoms with van der Waals surface area (Å²) in [4.78, 5) is 22.9. The molecule has 0 aliphatic carbocycles. The van der Waals surface area contributed by atoms with Gasteiger partial charge in [0, 0.05) is 26.3 Å². The molecule has 0 spiro atoms. The first-order valence-electron chi connectivity index (χ1n) is 6.68. The van der Waals surface area contributed by atoms with Gasteiger partial charge < -0.3 is 20.5 Å². The van der Waals surface area contributed by atoms with Crippen molar-refractivity contribution in [2.45, 2.75) is 46.1 Å². The number of hydrogen-bond donors (Lipinski definition) is 3. The van der Waals surface area contributed by atoms with Gasteiger partial charge in [0.15, 0.2) is 0 Å². The van der Waals surface area contributed by atoms with Crippen molar-refractivity contribution in [2.24, 2.45) is 5.41 Å². The molecule has 3 N–H and O–H groups in total. The number of carboxylic acid groups (broad SMARTS) is 1. The largest absolute Gasteiger partial charge is 0.481 e. The predicted octanol–water partition coefficient (Wildman–Crippen LogP) is 1.60. The first-order chi connectivity index (χ1) is 8.91. The number of ether oxygens (including phenoxy) is 1. The third-order valence-corrected chi connectivity index (χ3v) is 3.53. The van der Waals surface area contributed by atoms with Crippen LogP contribution in [-0.4, -0.2) is 43.4 Å². The molecule has 1 atom stereocenters. The second kappa shape index (κ2) is 8.74. The van der Waals surface area contributed by atoms with Crippen LogP contribution in [0.2, 0.25) is 0 Å². The van der Waals surface area contributed by atoms with Gasteiger partial charge in [-0.25, -0.2) is 4.79 Å². The molecule has 112 valence electrons. The highest BCUT2D eigenvalue weighted by Gasteiger charge is 2.35. The van der Waals surface area contributed by atoms with Gasteiger partial charge in [-0.15, -0.1) is 0 Å². The number of nitrogens with one attached hydrogen (secondary N) is 2. The normalized spacial score (nSPS) is 12.8. The van der Waals surface area contributed by atoms with E-state index < -0.39 is 11.4 Å². The van der Waals surface area contributed by atoms with Crippen LogP contribution in [0.5, 0.6) is 0 Å². The Hall–Kier alpha value is -1.30. The van der Waals surface area contributed by atoms with Crippen LogP contribution < -0.4 is 10.6 Å². The summed E-state index contributed by atoms with van der Waals surface area (Å²) in [5.74, 6) is -0.870. The summed E-state index contributed by atoms with van der Waals surface area (Å²) < 4.78 is 4.93. The Morgan fingerprint density at radius 3 is 2.32 bits per heavy atom. The first kappa shape index (κ1) is 17.7. The predicted molar refractivity (Wildman–Crippen MR) is 73.1 cm³/mol. The van der Waals surface area contributed by atoms with E-state index in [0.717, 1.165) is 6.42 Å². The lowest BCUT2D eigenvalue weighted by Crippen LogP contribution is -2.47. The summed E-state index contributed by atoms with van der Waals surface area (Å²) in [6.45, 7) is 6.22. The molecule has 0 saturated carbocycles. The molecule has 0 saturated heterocycles. The fraction of sp³-hybridized carbons (Fsp3) is 0.846. The highest BCUT2D eigenvalue weighted by Crippen LogP contribution is 2.25. The lowest BCUT2D eigenvalue weighted by molar-refractivity contribution is -0.149. The molecule has 0 aromatic carbocycles. The van der Waals surface area contributed by atoms with Crippen LogP contribution in [0.25, 0.3) is 0 Å². The van der Waals surface area contributed by atoms with Crippen LogP contribution in [0, 0.1) is 5.41 Å². The van der Waals surface area contributed by atoms with Crippen molar-refractivity contribution >= 4 is 12.0 Å². The van der Waals surface area contributed by atoms with Gasteiger partial charge in [-0.05, 0) is 26.2 Å². The molecule has 0 aliphatic rings. The Kier molecular flexibility index (Phi) is 8.14. The molecule has 0 radical (unpaired) electrons. The summed E-state index contributed by atoms with van der Waals surface area (Å²) in [6, 6.07) is -0.349. The molecule has 0 rings (SSSR count). The van der Waals surface area contributed by atoms with Gasteiger partial charge in [-0.2, -0.15) is 0 Å². The number of rotatable bonds is 9. The second-order valence-corrected chi connectivity index (χ2v) is 4.80. The number of urea groups is 1. The number of carboxylic acids is 1. The maximum absolute atomic E-state index is 11.7. The van der Waals surface area contributed by atoms with Crippen molar-refractivity contribution < 1.29 is 19.4 Å². The highest BCUT2D eigenvalue weighted by atomic mass is 16.5. The summed E-state index contributed by atoms with van der Waals surface area (Å²) in [6.07, 6.45) is 1.69. The number of hydrogen-bond acceptors (Lipinski definition) is 3. The van der Waals surface area contributed by atoms with Crippen LogP contribution in [-0.2, 0) is 9.53 Å². The fourth-order valence-electron chi connectivity index (χ4n) is 1.77. The number of amides is 2. The van der Waals surface area contributed by atoms with E-state index in [1.807, 2.05) is 20.8 Å². The summed E-state index contributed by atoms with van der Waals surface area (Å²) in [5.41, 5.74) is -0.882. The molecule has 1 unspecified atom stereocenters. The smallest absolute Gasteiger partial charge is 0.315 e. The minimum atomic E-state index is -0.882. The van der Waals surface area contributed by atoms with E-state index in [9.17, 15) is 14.7 Å². The third kappa shape index (κ3) is 5.92. The standard InChI is InChI=1S/C13H26N2O4/c1-5-13(6-2,11(16)17)9-14-12(18)15-10(3)7-8-19-4/h10H,5-9H2,1-4H3,(H,16,17)(H2,14,15,18). The van der Waals surface area contributed by atoms with E-state index in [1.165, 1.54) is 0 Å². The van der Waals surface area contributed by atoms with E-state index in [-0.39, 0.29) is 18.6 Å². The Balaban J connectivity index is 4.23. The van der Waals surface area contributed by atoms with Gasteiger partial charge in [0.1, 0.15) is 0 Å². The van der Waals surface area contributed by atoms with Gasteiger partial charge in [0.2, 0.25) is 0 Å². The number of carbonyl (C=O) groups is 2. The topological polar surface area (TPSA) is 87.7 Å². The van der Waals surface area contributed by atoms with E-state index in [2.05, 4.69) is 10.6 Å².